The number of hydrogen-bond acceptors (Lipinski definition) is 12. The van der Waals surface area contributed by atoms with Gasteiger partial charge in [-0.2, -0.15) is 0 Å². The fourth-order valence-electron chi connectivity index (χ4n) is 21.1. The van der Waals surface area contributed by atoms with Crippen LogP contribution in [0.2, 0.25) is 0 Å². The Morgan fingerprint density at radius 1 is 0.243 bits per heavy atom. The Hall–Kier alpha value is -11.8. The van der Waals surface area contributed by atoms with E-state index in [2.05, 4.69) is 251 Å². The molecule has 136 heavy (non-hydrogen) atoms. The Bertz CT molecular complexity index is 5080. The summed E-state index contributed by atoms with van der Waals surface area (Å²) < 4.78 is 54.9. The van der Waals surface area contributed by atoms with Crippen molar-refractivity contribution in [2.45, 2.75) is 310 Å². The van der Waals surface area contributed by atoms with Gasteiger partial charge in [-0.25, -0.2) is 19.2 Å². The molecule has 0 aliphatic heterocycles. The van der Waals surface area contributed by atoms with E-state index in [9.17, 15) is 19.2 Å². The molecule has 20 nitrogen and oxygen atoms in total. The SMILES string of the molecule is CCCC(CCC)(c1ccc[nH]1)c1ccc(C(=O)OCCOc2c3cc(C(C)(C)C)cc2Cc2cc(C(C)(C)C)cc(c2OCCOC(=O)c2ccc(C(CCC)(CCC)c4ccc[nH]4)[nH]2)Cc2cc(C(C)(C)C)cc(c2OCCOC(=O)c2ccc(C(CCC)(CCC)c4ccc[nH]4)[nH]2)Cc2cc(C(C)(C)C)cc(c2OCCOC(=O)c2ccc(C(CCC)(CCC)c4ccc[nH]4)[nH]2)C3)[nH]1. The molecule has 0 unspecified atom stereocenters. The normalized spacial score (nSPS) is 13.0. The van der Waals surface area contributed by atoms with E-state index in [-0.39, 0.29) is 100 Å². The molecule has 4 aromatic carbocycles. The van der Waals surface area contributed by atoms with Crippen LogP contribution in [0.15, 0.2) is 170 Å². The van der Waals surface area contributed by atoms with E-state index >= 15 is 0 Å². The van der Waals surface area contributed by atoms with Crippen LogP contribution in [-0.2, 0) is 88.0 Å². The van der Waals surface area contributed by atoms with Crippen LogP contribution in [0.25, 0.3) is 0 Å². The Labute approximate surface area is 807 Å². The van der Waals surface area contributed by atoms with Gasteiger partial charge in [-0.15, -0.1) is 0 Å². The van der Waals surface area contributed by atoms with Gasteiger partial charge in [0.2, 0.25) is 0 Å². The summed E-state index contributed by atoms with van der Waals surface area (Å²) >= 11 is 0. The number of rotatable bonds is 44. The lowest BCUT2D eigenvalue weighted by Crippen LogP contribution is -2.29. The monoisotopic (exact) mass is 1850 g/mol. The quantitative estimate of drug-likeness (QED) is 0.0101. The molecule has 0 fully saturated rings. The summed E-state index contributed by atoms with van der Waals surface area (Å²) in [5.41, 5.74) is 17.6. The second kappa shape index (κ2) is 44.1. The topological polar surface area (TPSA) is 268 Å². The summed E-state index contributed by atoms with van der Waals surface area (Å²) in [6, 6.07) is 50.2. The molecule has 728 valence electrons. The number of H-pyrrole nitrogens is 8. The van der Waals surface area contributed by atoms with Gasteiger partial charge in [-0.05, 0) is 237 Å². The molecule has 8 bridgehead atoms. The maximum Gasteiger partial charge on any atom is 0.354 e. The third kappa shape index (κ3) is 22.9. The Morgan fingerprint density at radius 3 is 0.566 bits per heavy atom. The summed E-state index contributed by atoms with van der Waals surface area (Å²) in [7, 11) is 0. The fourth-order valence-corrected chi connectivity index (χ4v) is 21.1. The van der Waals surface area contributed by atoms with Gasteiger partial charge in [0.1, 0.15) is 98.6 Å². The summed E-state index contributed by atoms with van der Waals surface area (Å²) in [6.45, 7) is 43.9. The highest BCUT2D eigenvalue weighted by Crippen LogP contribution is 2.49. The predicted octanol–water partition coefficient (Wildman–Crippen LogP) is 26.7. The van der Waals surface area contributed by atoms with Gasteiger partial charge < -0.3 is 77.8 Å². The zero-order valence-corrected chi connectivity index (χ0v) is 84.9. The number of carbonyl (C=O) groups excluding carboxylic acids is 4. The molecule has 8 N–H and O–H groups in total. The molecule has 13 rings (SSSR count). The first-order valence-corrected chi connectivity index (χ1v) is 50.3. The lowest BCUT2D eigenvalue weighted by molar-refractivity contribution is 0.0435. The number of aromatic nitrogens is 8. The maximum absolute atomic E-state index is 14.6. The van der Waals surface area contributed by atoms with E-state index in [0.29, 0.717) is 45.8 Å². The highest BCUT2D eigenvalue weighted by molar-refractivity contribution is 5.89. The highest BCUT2D eigenvalue weighted by atomic mass is 16.6. The van der Waals surface area contributed by atoms with Gasteiger partial charge in [-0.3, -0.25) is 0 Å². The van der Waals surface area contributed by atoms with Crippen LogP contribution in [0.4, 0.5) is 0 Å². The van der Waals surface area contributed by atoms with Gasteiger partial charge in [-0.1, -0.05) is 238 Å². The Kier molecular flexibility index (Phi) is 33.0. The molecule has 0 saturated carbocycles. The number of hydrogen-bond donors (Lipinski definition) is 8. The van der Waals surface area contributed by atoms with E-state index in [4.69, 9.17) is 37.9 Å². The van der Waals surface area contributed by atoms with E-state index in [1.807, 2.05) is 97.6 Å². The number of aromatic amines is 8. The number of nitrogens with one attached hydrogen (secondary N) is 8. The van der Waals surface area contributed by atoms with E-state index in [1.165, 1.54) is 0 Å². The Morgan fingerprint density at radius 2 is 0.419 bits per heavy atom. The average molecular weight is 1850 g/mol. The van der Waals surface area contributed by atoms with Gasteiger partial charge in [0.25, 0.3) is 0 Å². The maximum atomic E-state index is 14.6. The summed E-state index contributed by atoms with van der Waals surface area (Å²) in [4.78, 5) is 86.8. The molecule has 0 atom stereocenters. The summed E-state index contributed by atoms with van der Waals surface area (Å²) in [6.07, 6.45) is 23.5. The molecule has 0 radical (unpaired) electrons. The Balaban J connectivity index is 0.948. The molecule has 0 saturated heterocycles. The van der Waals surface area contributed by atoms with Crippen molar-refractivity contribution in [1.82, 2.24) is 39.9 Å². The summed E-state index contributed by atoms with van der Waals surface area (Å²) in [5, 5.41) is 0. The fraction of sp³-hybridized carbons (Fsp3) is 0.483. The lowest BCUT2D eigenvalue weighted by Gasteiger charge is -2.32. The van der Waals surface area contributed by atoms with Crippen LogP contribution in [0, 0.1) is 0 Å². The number of benzene rings is 4. The average Bonchev–Trinajstić information content (AvgIpc) is 1.43. The molecule has 20 heteroatoms. The van der Waals surface area contributed by atoms with Crippen molar-refractivity contribution in [3.05, 3.63) is 305 Å². The third-order valence-electron chi connectivity index (χ3n) is 27.8. The number of ether oxygens (including phenoxy) is 8. The van der Waals surface area contributed by atoms with Crippen LogP contribution < -0.4 is 18.9 Å². The van der Waals surface area contributed by atoms with Crippen LogP contribution >= 0.6 is 0 Å². The van der Waals surface area contributed by atoms with Crippen molar-refractivity contribution in [2.75, 3.05) is 52.9 Å². The van der Waals surface area contributed by atoms with Crippen LogP contribution in [0.1, 0.15) is 395 Å². The molecular weight excluding hydrogens is 1700 g/mol. The van der Waals surface area contributed by atoms with Crippen LogP contribution in [-0.4, -0.2) is 117 Å². The molecule has 8 aromatic heterocycles. The molecule has 8 heterocycles. The van der Waals surface area contributed by atoms with Crippen LogP contribution in [0.5, 0.6) is 23.0 Å². The van der Waals surface area contributed by atoms with Crippen LogP contribution in [0.3, 0.4) is 0 Å². The predicted molar refractivity (Wildman–Crippen MR) is 544 cm³/mol. The first kappa shape index (κ1) is 102. The first-order valence-electron chi connectivity index (χ1n) is 50.3. The summed E-state index contributed by atoms with van der Waals surface area (Å²) in [5.74, 6) is 0.453. The first-order chi connectivity index (χ1) is 65.1. The van der Waals surface area contributed by atoms with Crippen molar-refractivity contribution in [3.8, 4) is 23.0 Å². The van der Waals surface area contributed by atoms with Crippen molar-refractivity contribution in [3.63, 3.8) is 0 Å². The molecule has 0 spiro atoms. The van der Waals surface area contributed by atoms with Crippen molar-refractivity contribution in [1.29, 1.82) is 0 Å². The molecule has 1 aliphatic carbocycles. The highest BCUT2D eigenvalue weighted by Gasteiger charge is 2.41. The van der Waals surface area contributed by atoms with E-state index in [1.54, 1.807) is 0 Å². The van der Waals surface area contributed by atoms with Crippen molar-refractivity contribution < 1.29 is 57.1 Å². The van der Waals surface area contributed by atoms with E-state index < -0.39 is 45.5 Å². The smallest absolute Gasteiger partial charge is 0.354 e. The van der Waals surface area contributed by atoms with Gasteiger partial charge in [0, 0.05) is 96.0 Å². The minimum Gasteiger partial charge on any atom is -0.489 e. The van der Waals surface area contributed by atoms with Gasteiger partial charge in [0.05, 0.1) is 21.7 Å². The largest absolute Gasteiger partial charge is 0.489 e. The zero-order chi connectivity index (χ0) is 97.4. The minimum absolute atomic E-state index is 0.0118. The number of esters is 4. The molecule has 12 aromatic rings. The molecular formula is C116H152N8O12. The van der Waals surface area contributed by atoms with E-state index in [0.717, 1.165) is 215 Å². The number of carbonyl (C=O) groups is 4. The zero-order valence-electron chi connectivity index (χ0n) is 84.9. The van der Waals surface area contributed by atoms with Crippen molar-refractivity contribution >= 4 is 23.9 Å². The lowest BCUT2D eigenvalue weighted by atomic mass is 9.74. The second-order valence-electron chi connectivity index (χ2n) is 41.9. The second-order valence-corrected chi connectivity index (χ2v) is 41.9. The standard InChI is InChI=1S/C116H152N8O12/c1-21-45-113(46-22-2,93-33-29-53-117-93)97-41-37-89(121-97)105(125)133-61-57-129-101-77-65-79-71-86(110(12,13)14)73-81(102(79)130-58-62-134-106(126)90-38-42-98(122-90)114(47-23-3,48-24-4)94-34-30-54-118-94)67-83-75-88(112(18,19)20)76-84(104(83)132-60-64-136-108(128)92-40-44-100(124-92)116(51-27-7,52-28-8)96-36-32-56-120-96)68-82-74-87(111(15,16)17)72-80(66-78(101)70-85(69-77)109(9,10)11)103(82)131-59-63-135-107(127)91-39-43-99(123-91)115(49-25-5,50-26-6)95-35-31-55-119-95/h29-44,53-56,69-76,117-124H,21-28,45-52,57-68H2,1-20H3. The third-order valence-corrected chi connectivity index (χ3v) is 27.8. The van der Waals surface area contributed by atoms with Gasteiger partial charge >= 0.3 is 23.9 Å². The van der Waals surface area contributed by atoms with Crippen molar-refractivity contribution in [2.24, 2.45) is 0 Å². The molecule has 1 aliphatic rings. The number of fused-ring (bicyclic) bond motifs is 8. The minimum atomic E-state index is -0.494. The molecule has 0 amide bonds. The van der Waals surface area contributed by atoms with Gasteiger partial charge in [0.15, 0.2) is 0 Å².